The molecular formula is C17H22ClFO. The lowest BCUT2D eigenvalue weighted by Crippen LogP contribution is -2.31. The van der Waals surface area contributed by atoms with E-state index in [1.807, 2.05) is 0 Å². The Labute approximate surface area is 125 Å². The van der Waals surface area contributed by atoms with E-state index < -0.39 is 0 Å². The summed E-state index contributed by atoms with van der Waals surface area (Å²) in [5.41, 5.74) is 0.413. The predicted octanol–water partition coefficient (Wildman–Crippen LogP) is 5.20. The number of carbonyl (C=O) groups excluding carboxylic acids is 1. The molecule has 0 bridgehead atoms. The van der Waals surface area contributed by atoms with Crippen molar-refractivity contribution in [2.45, 2.75) is 52.4 Å². The molecule has 3 heteroatoms. The highest BCUT2D eigenvalue weighted by atomic mass is 35.5. The Morgan fingerprint density at radius 3 is 2.60 bits per heavy atom. The number of ketones is 1. The van der Waals surface area contributed by atoms with E-state index in [-0.39, 0.29) is 23.4 Å². The number of rotatable bonds is 5. The molecule has 0 aliphatic heterocycles. The summed E-state index contributed by atoms with van der Waals surface area (Å²) in [5.74, 6) is 0.401. The maximum Gasteiger partial charge on any atom is 0.143 e. The molecule has 1 aromatic carbocycles. The van der Waals surface area contributed by atoms with Crippen LogP contribution in [-0.4, -0.2) is 5.78 Å². The van der Waals surface area contributed by atoms with Crippen molar-refractivity contribution in [3.05, 3.63) is 34.6 Å². The summed E-state index contributed by atoms with van der Waals surface area (Å²) in [6.45, 7) is 4.31. The zero-order valence-electron chi connectivity index (χ0n) is 12.2. The second kappa shape index (κ2) is 6.26. The van der Waals surface area contributed by atoms with Crippen LogP contribution in [0.2, 0.25) is 5.02 Å². The van der Waals surface area contributed by atoms with Gasteiger partial charge in [-0.25, -0.2) is 4.39 Å². The van der Waals surface area contributed by atoms with E-state index in [4.69, 9.17) is 11.6 Å². The summed E-state index contributed by atoms with van der Waals surface area (Å²) in [4.78, 5) is 12.8. The van der Waals surface area contributed by atoms with Crippen LogP contribution in [0, 0.1) is 17.2 Å². The second-order valence-electron chi connectivity index (χ2n) is 6.42. The van der Waals surface area contributed by atoms with Crippen LogP contribution in [0.4, 0.5) is 4.39 Å². The molecule has 110 valence electrons. The van der Waals surface area contributed by atoms with E-state index in [9.17, 15) is 9.18 Å². The molecule has 1 nitrogen and oxygen atoms in total. The van der Waals surface area contributed by atoms with Gasteiger partial charge in [-0.05, 0) is 48.9 Å². The molecule has 0 spiro atoms. The van der Waals surface area contributed by atoms with E-state index in [0.29, 0.717) is 16.5 Å². The third-order valence-corrected chi connectivity index (χ3v) is 4.68. The molecule has 1 saturated carbocycles. The van der Waals surface area contributed by atoms with Crippen LogP contribution in [0.5, 0.6) is 0 Å². The van der Waals surface area contributed by atoms with Crippen molar-refractivity contribution < 1.29 is 9.18 Å². The Bertz CT molecular complexity index is 490. The molecule has 1 aliphatic rings. The van der Waals surface area contributed by atoms with Crippen molar-refractivity contribution in [2.24, 2.45) is 11.3 Å². The lowest BCUT2D eigenvalue weighted by Gasteiger charge is -2.29. The van der Waals surface area contributed by atoms with Gasteiger partial charge in [0.15, 0.2) is 0 Å². The Kier molecular flexibility index (Phi) is 4.85. The third-order valence-electron chi connectivity index (χ3n) is 4.31. The lowest BCUT2D eigenvalue weighted by molar-refractivity contribution is -0.128. The van der Waals surface area contributed by atoms with Gasteiger partial charge in [0, 0.05) is 16.9 Å². The largest absolute Gasteiger partial charge is 0.299 e. The van der Waals surface area contributed by atoms with Crippen molar-refractivity contribution >= 4 is 17.4 Å². The van der Waals surface area contributed by atoms with Gasteiger partial charge in [0.05, 0.1) is 0 Å². The molecule has 20 heavy (non-hydrogen) atoms. The summed E-state index contributed by atoms with van der Waals surface area (Å²) >= 11 is 6.08. The summed E-state index contributed by atoms with van der Waals surface area (Å²) in [6.07, 6.45) is 5.36. The van der Waals surface area contributed by atoms with Gasteiger partial charge in [0.1, 0.15) is 11.6 Å². The molecule has 1 aromatic rings. The maximum atomic E-state index is 13.3. The molecule has 0 heterocycles. The van der Waals surface area contributed by atoms with Crippen LogP contribution in [0.15, 0.2) is 18.2 Å². The van der Waals surface area contributed by atoms with Crippen LogP contribution in [0.3, 0.4) is 0 Å². The number of Topliss-reactive ketones (excluding diaryl/α,β-unsaturated/α-hetero) is 1. The van der Waals surface area contributed by atoms with E-state index in [2.05, 4.69) is 13.8 Å². The number of carbonyl (C=O) groups is 1. The smallest absolute Gasteiger partial charge is 0.143 e. The highest BCUT2D eigenvalue weighted by Gasteiger charge is 2.40. The Balaban J connectivity index is 2.18. The Morgan fingerprint density at radius 2 is 2.00 bits per heavy atom. The Morgan fingerprint density at radius 1 is 1.35 bits per heavy atom. The minimum Gasteiger partial charge on any atom is -0.299 e. The summed E-state index contributed by atoms with van der Waals surface area (Å²) in [7, 11) is 0. The van der Waals surface area contributed by atoms with Crippen LogP contribution in [0.25, 0.3) is 0 Å². The number of hydrogen-bond acceptors (Lipinski definition) is 1. The van der Waals surface area contributed by atoms with Gasteiger partial charge < -0.3 is 0 Å². The normalized spacial score (nSPS) is 17.6. The maximum absolute atomic E-state index is 13.3. The minimum atomic E-state index is -0.332. The third kappa shape index (κ3) is 3.41. The molecule has 0 amide bonds. The first-order chi connectivity index (χ1) is 9.43. The van der Waals surface area contributed by atoms with Gasteiger partial charge in [0.25, 0.3) is 0 Å². The van der Waals surface area contributed by atoms with Crippen molar-refractivity contribution in [2.75, 3.05) is 0 Å². The average molecular weight is 297 g/mol. The highest BCUT2D eigenvalue weighted by Crippen LogP contribution is 2.44. The van der Waals surface area contributed by atoms with Crippen molar-refractivity contribution in [3.8, 4) is 0 Å². The fourth-order valence-corrected chi connectivity index (χ4v) is 3.65. The van der Waals surface area contributed by atoms with E-state index >= 15 is 0 Å². The van der Waals surface area contributed by atoms with Crippen molar-refractivity contribution in [1.82, 2.24) is 0 Å². The van der Waals surface area contributed by atoms with Crippen LogP contribution in [-0.2, 0) is 11.2 Å². The van der Waals surface area contributed by atoms with Gasteiger partial charge >= 0.3 is 0 Å². The monoisotopic (exact) mass is 296 g/mol. The minimum absolute atomic E-state index is 0.205. The van der Waals surface area contributed by atoms with Crippen LogP contribution in [0.1, 0.15) is 51.5 Å². The molecule has 0 radical (unpaired) electrons. The number of benzene rings is 1. The number of halogens is 2. The summed E-state index contributed by atoms with van der Waals surface area (Å²) < 4.78 is 13.3. The van der Waals surface area contributed by atoms with Gasteiger partial charge in [0.2, 0.25) is 0 Å². The first kappa shape index (κ1) is 15.5. The fraction of sp³-hybridized carbons (Fsp3) is 0.588. The zero-order valence-corrected chi connectivity index (χ0v) is 13.0. The lowest BCUT2D eigenvalue weighted by atomic mass is 9.73. The summed E-state index contributed by atoms with van der Waals surface area (Å²) in [5, 5.41) is 0.484. The molecule has 1 aliphatic carbocycles. The van der Waals surface area contributed by atoms with Gasteiger partial charge in [-0.15, -0.1) is 0 Å². The predicted molar refractivity (Wildman–Crippen MR) is 80.5 cm³/mol. The second-order valence-corrected chi connectivity index (χ2v) is 6.83. The molecule has 0 unspecified atom stereocenters. The standard InChI is InChI=1S/C17H22ClFO/c1-12(2)11-17(7-3-4-8-17)16(20)10-13-9-14(19)5-6-15(13)18/h5-6,9,12H,3-4,7-8,10-11H2,1-2H3. The molecule has 0 atom stereocenters. The highest BCUT2D eigenvalue weighted by molar-refractivity contribution is 6.31. The quantitative estimate of drug-likeness (QED) is 0.730. The Hall–Kier alpha value is -0.890. The van der Waals surface area contributed by atoms with Crippen LogP contribution >= 0.6 is 11.6 Å². The number of hydrogen-bond donors (Lipinski definition) is 0. The molecule has 0 aromatic heterocycles. The van der Waals surface area contributed by atoms with Gasteiger partial charge in [-0.1, -0.05) is 38.3 Å². The first-order valence-corrected chi connectivity index (χ1v) is 7.78. The molecule has 0 N–H and O–H groups in total. The van der Waals surface area contributed by atoms with Gasteiger partial charge in [-0.3, -0.25) is 4.79 Å². The zero-order chi connectivity index (χ0) is 14.8. The van der Waals surface area contributed by atoms with Crippen LogP contribution < -0.4 is 0 Å². The molecule has 2 rings (SSSR count). The first-order valence-electron chi connectivity index (χ1n) is 7.40. The fourth-order valence-electron chi connectivity index (χ4n) is 3.47. The SMILES string of the molecule is CC(C)CC1(C(=O)Cc2cc(F)ccc2Cl)CCCC1. The molecule has 0 saturated heterocycles. The van der Waals surface area contributed by atoms with Crippen molar-refractivity contribution in [1.29, 1.82) is 0 Å². The van der Waals surface area contributed by atoms with Crippen molar-refractivity contribution in [3.63, 3.8) is 0 Å². The molecule has 1 fully saturated rings. The molecular weight excluding hydrogens is 275 g/mol. The van der Waals surface area contributed by atoms with Gasteiger partial charge in [-0.2, -0.15) is 0 Å². The van der Waals surface area contributed by atoms with E-state index in [0.717, 1.165) is 32.1 Å². The average Bonchev–Trinajstić information content (AvgIpc) is 2.82. The summed E-state index contributed by atoms with van der Waals surface area (Å²) in [6, 6.07) is 4.25. The van der Waals surface area contributed by atoms with E-state index in [1.165, 1.54) is 18.2 Å². The van der Waals surface area contributed by atoms with E-state index in [1.54, 1.807) is 0 Å². The topological polar surface area (TPSA) is 17.1 Å².